The molecule has 6 nitrogen and oxygen atoms in total. The highest BCUT2D eigenvalue weighted by Crippen LogP contribution is 2.33. The Hall–Kier alpha value is -3.23. The Labute approximate surface area is 193 Å². The van der Waals surface area contributed by atoms with Crippen molar-refractivity contribution in [2.45, 2.75) is 19.9 Å². The quantitative estimate of drug-likeness (QED) is 0.395. The van der Waals surface area contributed by atoms with E-state index in [1.807, 2.05) is 54.8 Å². The van der Waals surface area contributed by atoms with Gasteiger partial charge in [-0.1, -0.05) is 48.3 Å². The van der Waals surface area contributed by atoms with Crippen molar-refractivity contribution in [2.75, 3.05) is 13.2 Å². The summed E-state index contributed by atoms with van der Waals surface area (Å²) >= 11 is 2.78. The number of allylic oxidation sites excluding steroid dienone is 1. The number of aromatic nitrogens is 1. The van der Waals surface area contributed by atoms with Gasteiger partial charge in [-0.3, -0.25) is 9.36 Å². The first-order valence-corrected chi connectivity index (χ1v) is 11.8. The fraction of sp³-hybridized carbons (Fsp3) is 0.208. The SMILES string of the molecule is C=CCOC(=O)C1=C(C)N=c2sc(=Cc3ccccc3OCC)c(=O)n2C1c1cccs1. The van der Waals surface area contributed by atoms with Crippen LogP contribution >= 0.6 is 22.7 Å². The predicted molar refractivity (Wildman–Crippen MR) is 127 cm³/mol. The topological polar surface area (TPSA) is 69.9 Å². The van der Waals surface area contributed by atoms with Crippen LogP contribution in [-0.2, 0) is 9.53 Å². The maximum Gasteiger partial charge on any atom is 0.338 e. The van der Waals surface area contributed by atoms with E-state index in [4.69, 9.17) is 9.47 Å². The van der Waals surface area contributed by atoms with Gasteiger partial charge in [0.2, 0.25) is 0 Å². The van der Waals surface area contributed by atoms with Crippen LogP contribution in [0.3, 0.4) is 0 Å². The Kier molecular flexibility index (Phi) is 6.53. The number of nitrogens with zero attached hydrogens (tertiary/aromatic N) is 2. The smallest absolute Gasteiger partial charge is 0.338 e. The molecular weight excluding hydrogens is 444 g/mol. The molecule has 0 aliphatic carbocycles. The van der Waals surface area contributed by atoms with Crippen LogP contribution in [0.15, 0.2) is 75.5 Å². The van der Waals surface area contributed by atoms with Crippen molar-refractivity contribution in [2.24, 2.45) is 4.99 Å². The van der Waals surface area contributed by atoms with Gasteiger partial charge in [0.1, 0.15) is 18.4 Å². The number of thiophene rings is 1. The molecule has 3 aromatic rings. The zero-order valence-corrected chi connectivity index (χ0v) is 19.4. The second-order valence-corrected chi connectivity index (χ2v) is 8.94. The Balaban J connectivity index is 1.90. The van der Waals surface area contributed by atoms with E-state index < -0.39 is 12.0 Å². The number of carbonyl (C=O) groups is 1. The normalized spacial score (nSPS) is 15.8. The molecule has 1 aliphatic heterocycles. The Bertz CT molecular complexity index is 1360. The molecule has 1 aliphatic rings. The van der Waals surface area contributed by atoms with Crippen molar-refractivity contribution >= 4 is 34.7 Å². The molecule has 0 saturated carbocycles. The minimum Gasteiger partial charge on any atom is -0.493 e. The van der Waals surface area contributed by atoms with Crippen molar-refractivity contribution in [3.63, 3.8) is 0 Å². The molecule has 1 atom stereocenters. The fourth-order valence-electron chi connectivity index (χ4n) is 3.54. The average molecular weight is 467 g/mol. The lowest BCUT2D eigenvalue weighted by atomic mass is 10.0. The molecule has 0 bridgehead atoms. The van der Waals surface area contributed by atoms with Crippen LogP contribution < -0.4 is 19.6 Å². The van der Waals surface area contributed by atoms with Gasteiger partial charge < -0.3 is 9.47 Å². The van der Waals surface area contributed by atoms with Gasteiger partial charge >= 0.3 is 5.97 Å². The summed E-state index contributed by atoms with van der Waals surface area (Å²) < 4.78 is 13.1. The van der Waals surface area contributed by atoms with E-state index in [1.165, 1.54) is 28.7 Å². The highest BCUT2D eigenvalue weighted by molar-refractivity contribution is 7.10. The molecule has 2 aromatic heterocycles. The Morgan fingerprint density at radius 3 is 2.81 bits per heavy atom. The molecular formula is C24H22N2O4S2. The van der Waals surface area contributed by atoms with Gasteiger partial charge in [-0.2, -0.15) is 0 Å². The number of esters is 1. The second kappa shape index (κ2) is 9.50. The van der Waals surface area contributed by atoms with Gasteiger partial charge in [-0.25, -0.2) is 9.79 Å². The first-order chi connectivity index (χ1) is 15.5. The number of carbonyl (C=O) groups excluding carboxylic acids is 1. The van der Waals surface area contributed by atoms with Gasteiger partial charge in [0.15, 0.2) is 4.80 Å². The third kappa shape index (κ3) is 4.11. The summed E-state index contributed by atoms with van der Waals surface area (Å²) in [4.78, 5) is 32.4. The average Bonchev–Trinajstić information content (AvgIpc) is 3.41. The Morgan fingerprint density at radius 1 is 1.28 bits per heavy atom. The van der Waals surface area contributed by atoms with Crippen molar-refractivity contribution in [1.82, 2.24) is 4.57 Å². The molecule has 0 amide bonds. The molecule has 0 saturated heterocycles. The van der Waals surface area contributed by atoms with Crippen molar-refractivity contribution in [3.8, 4) is 5.75 Å². The summed E-state index contributed by atoms with van der Waals surface area (Å²) in [5.74, 6) is 0.209. The number of hydrogen-bond donors (Lipinski definition) is 0. The van der Waals surface area contributed by atoms with E-state index >= 15 is 0 Å². The number of fused-ring (bicyclic) bond motifs is 1. The number of thiazole rings is 1. The monoisotopic (exact) mass is 466 g/mol. The summed E-state index contributed by atoms with van der Waals surface area (Å²) in [6.45, 7) is 7.90. The molecule has 164 valence electrons. The summed E-state index contributed by atoms with van der Waals surface area (Å²) in [5.41, 5.74) is 1.51. The number of hydrogen-bond acceptors (Lipinski definition) is 7. The number of para-hydroxylation sites is 1. The van der Waals surface area contributed by atoms with E-state index in [0.29, 0.717) is 33.0 Å². The lowest BCUT2D eigenvalue weighted by Crippen LogP contribution is -2.39. The van der Waals surface area contributed by atoms with Crippen LogP contribution in [0.4, 0.5) is 0 Å². The molecule has 0 N–H and O–H groups in total. The molecule has 8 heteroatoms. The minimum atomic E-state index is -0.590. The van der Waals surface area contributed by atoms with Crippen LogP contribution in [0.2, 0.25) is 0 Å². The summed E-state index contributed by atoms with van der Waals surface area (Å²) in [5, 5.41) is 1.92. The Morgan fingerprint density at radius 2 is 2.09 bits per heavy atom. The van der Waals surface area contributed by atoms with Gasteiger partial charge in [-0.05, 0) is 37.4 Å². The molecule has 1 aromatic carbocycles. The lowest BCUT2D eigenvalue weighted by Gasteiger charge is -2.23. The van der Waals surface area contributed by atoms with Gasteiger partial charge in [0, 0.05) is 10.4 Å². The van der Waals surface area contributed by atoms with Gasteiger partial charge in [-0.15, -0.1) is 11.3 Å². The van der Waals surface area contributed by atoms with E-state index in [2.05, 4.69) is 11.6 Å². The second-order valence-electron chi connectivity index (χ2n) is 6.96. The summed E-state index contributed by atoms with van der Waals surface area (Å²) in [6, 6.07) is 10.8. The van der Waals surface area contributed by atoms with Crippen LogP contribution in [0, 0.1) is 0 Å². The third-order valence-electron chi connectivity index (χ3n) is 4.89. The fourth-order valence-corrected chi connectivity index (χ4v) is 5.40. The number of rotatable bonds is 7. The molecule has 3 heterocycles. The van der Waals surface area contributed by atoms with E-state index in [9.17, 15) is 9.59 Å². The van der Waals surface area contributed by atoms with Crippen LogP contribution in [0.5, 0.6) is 5.75 Å². The zero-order valence-electron chi connectivity index (χ0n) is 17.7. The summed E-state index contributed by atoms with van der Waals surface area (Å²) in [7, 11) is 0. The standard InChI is InChI=1S/C24H22N2O4S2/c1-4-12-30-23(28)20-15(3)25-24-26(21(20)18-11-8-13-31-18)22(27)19(32-24)14-16-9-6-7-10-17(16)29-5-2/h4,6-11,13-14,21H,1,5,12H2,2-3H3. The number of benzene rings is 1. The predicted octanol–water partition coefficient (Wildman–Crippen LogP) is 3.42. The lowest BCUT2D eigenvalue weighted by molar-refractivity contribution is -0.138. The molecule has 1 unspecified atom stereocenters. The molecule has 4 rings (SSSR count). The van der Waals surface area contributed by atoms with Crippen LogP contribution in [0.25, 0.3) is 6.08 Å². The van der Waals surface area contributed by atoms with E-state index in [1.54, 1.807) is 11.5 Å². The molecule has 0 spiro atoms. The summed E-state index contributed by atoms with van der Waals surface area (Å²) in [6.07, 6.45) is 3.33. The van der Waals surface area contributed by atoms with Crippen molar-refractivity contribution in [1.29, 1.82) is 0 Å². The van der Waals surface area contributed by atoms with Crippen molar-refractivity contribution in [3.05, 3.63) is 95.8 Å². The van der Waals surface area contributed by atoms with Gasteiger partial charge in [0.05, 0.1) is 22.4 Å². The third-order valence-corrected chi connectivity index (χ3v) is 6.80. The molecule has 0 fully saturated rings. The first kappa shape index (κ1) is 22.0. The first-order valence-electron chi connectivity index (χ1n) is 10.1. The molecule has 0 radical (unpaired) electrons. The maximum atomic E-state index is 13.5. The molecule has 32 heavy (non-hydrogen) atoms. The maximum absolute atomic E-state index is 13.5. The zero-order chi connectivity index (χ0) is 22.7. The van der Waals surface area contributed by atoms with Crippen LogP contribution in [-0.4, -0.2) is 23.8 Å². The largest absolute Gasteiger partial charge is 0.493 e. The van der Waals surface area contributed by atoms with E-state index in [-0.39, 0.29) is 12.2 Å². The van der Waals surface area contributed by atoms with E-state index in [0.717, 1.165) is 10.4 Å². The van der Waals surface area contributed by atoms with Gasteiger partial charge in [0.25, 0.3) is 5.56 Å². The van der Waals surface area contributed by atoms with Crippen LogP contribution in [0.1, 0.15) is 30.3 Å². The number of ether oxygens (including phenoxy) is 2. The minimum absolute atomic E-state index is 0.0887. The highest BCUT2D eigenvalue weighted by Gasteiger charge is 2.33. The highest BCUT2D eigenvalue weighted by atomic mass is 32.1. The van der Waals surface area contributed by atoms with Crippen molar-refractivity contribution < 1.29 is 14.3 Å².